The lowest BCUT2D eigenvalue weighted by atomic mass is 10.3. The Kier molecular flexibility index (Phi) is 7.63. The molecule has 0 aliphatic heterocycles. The van der Waals surface area contributed by atoms with Gasteiger partial charge in [-0.15, -0.1) is 0 Å². The summed E-state index contributed by atoms with van der Waals surface area (Å²) in [7, 11) is -1.99. The van der Waals surface area contributed by atoms with Gasteiger partial charge in [0.15, 0.2) is 0 Å². The van der Waals surface area contributed by atoms with Gasteiger partial charge in [-0.2, -0.15) is 0 Å². The van der Waals surface area contributed by atoms with Crippen molar-refractivity contribution in [1.82, 2.24) is 9.62 Å². The van der Waals surface area contributed by atoms with E-state index in [4.69, 9.17) is 9.47 Å². The van der Waals surface area contributed by atoms with Gasteiger partial charge in [0.2, 0.25) is 15.9 Å². The van der Waals surface area contributed by atoms with Crippen molar-refractivity contribution in [1.29, 1.82) is 0 Å². The van der Waals surface area contributed by atoms with Gasteiger partial charge < -0.3 is 14.4 Å². The lowest BCUT2D eigenvalue weighted by Crippen LogP contribution is -2.39. The molecule has 0 aromatic heterocycles. The minimum Gasteiger partial charge on any atom is -0.497 e. The molecule has 0 aliphatic carbocycles. The highest BCUT2D eigenvalue weighted by atomic mass is 32.2. The van der Waals surface area contributed by atoms with Gasteiger partial charge in [0.1, 0.15) is 18.1 Å². The molecule has 2 aromatic rings. The second kappa shape index (κ2) is 9.94. The van der Waals surface area contributed by atoms with Crippen LogP contribution in [0.1, 0.15) is 6.92 Å². The van der Waals surface area contributed by atoms with E-state index in [0.29, 0.717) is 18.9 Å². The van der Waals surface area contributed by atoms with E-state index in [1.54, 1.807) is 49.6 Å². The molecule has 1 amide bonds. The van der Waals surface area contributed by atoms with Crippen molar-refractivity contribution in [3.05, 3.63) is 54.6 Å². The molecule has 0 fully saturated rings. The van der Waals surface area contributed by atoms with Crippen molar-refractivity contribution in [2.24, 2.45) is 0 Å². The maximum atomic E-state index is 12.2. The summed E-state index contributed by atoms with van der Waals surface area (Å²) in [5, 5.41) is 0. The number of hydrogen-bond donors (Lipinski definition) is 1. The van der Waals surface area contributed by atoms with Crippen LogP contribution in [0.5, 0.6) is 11.5 Å². The molecule has 0 aliphatic rings. The van der Waals surface area contributed by atoms with Crippen molar-refractivity contribution in [2.45, 2.75) is 11.8 Å². The predicted molar refractivity (Wildman–Crippen MR) is 102 cm³/mol. The van der Waals surface area contributed by atoms with Crippen LogP contribution in [-0.4, -0.2) is 52.6 Å². The molecule has 0 radical (unpaired) electrons. The second-order valence-corrected chi connectivity index (χ2v) is 7.51. The molecule has 0 heterocycles. The average Bonchev–Trinajstić information content (AvgIpc) is 2.67. The number of ether oxygens (including phenoxy) is 2. The Morgan fingerprint density at radius 2 is 1.63 bits per heavy atom. The van der Waals surface area contributed by atoms with Gasteiger partial charge in [0.25, 0.3) is 0 Å². The number of nitrogens with one attached hydrogen (secondary N) is 1. The molecule has 0 bridgehead atoms. The third kappa shape index (κ3) is 6.58. The summed E-state index contributed by atoms with van der Waals surface area (Å²) < 4.78 is 37.6. The van der Waals surface area contributed by atoms with Gasteiger partial charge in [-0.1, -0.05) is 18.2 Å². The summed E-state index contributed by atoms with van der Waals surface area (Å²) in [4.78, 5) is 13.5. The first-order valence-corrected chi connectivity index (χ1v) is 9.98. The molecular formula is C19H24N2O5S. The van der Waals surface area contributed by atoms with Crippen molar-refractivity contribution in [3.63, 3.8) is 0 Å². The normalized spacial score (nSPS) is 11.0. The van der Waals surface area contributed by atoms with Crippen molar-refractivity contribution < 1.29 is 22.7 Å². The highest BCUT2D eigenvalue weighted by Gasteiger charge is 2.14. The Morgan fingerprint density at radius 1 is 1.00 bits per heavy atom. The van der Waals surface area contributed by atoms with Crippen LogP contribution in [-0.2, 0) is 14.8 Å². The first-order valence-electron chi connectivity index (χ1n) is 8.49. The molecule has 2 rings (SSSR count). The summed E-state index contributed by atoms with van der Waals surface area (Å²) in [6.45, 7) is 2.48. The Bertz CT molecular complexity index is 823. The number of sulfonamides is 1. The van der Waals surface area contributed by atoms with Crippen LogP contribution in [0.25, 0.3) is 0 Å². The first kappa shape index (κ1) is 20.7. The monoisotopic (exact) mass is 392 g/mol. The number of benzene rings is 2. The van der Waals surface area contributed by atoms with Crippen LogP contribution in [0.3, 0.4) is 0 Å². The minimum absolute atomic E-state index is 0.124. The zero-order valence-corrected chi connectivity index (χ0v) is 16.2. The van der Waals surface area contributed by atoms with E-state index in [1.165, 1.54) is 24.0 Å². The van der Waals surface area contributed by atoms with E-state index < -0.39 is 10.0 Å². The predicted octanol–water partition coefficient (Wildman–Crippen LogP) is 1.90. The zero-order valence-electron chi connectivity index (χ0n) is 15.4. The summed E-state index contributed by atoms with van der Waals surface area (Å²) in [5.41, 5.74) is 0. The third-order valence-corrected chi connectivity index (χ3v) is 5.34. The Labute approximate surface area is 160 Å². The van der Waals surface area contributed by atoms with Crippen molar-refractivity contribution >= 4 is 15.9 Å². The zero-order chi connectivity index (χ0) is 19.7. The third-order valence-electron chi connectivity index (χ3n) is 3.86. The van der Waals surface area contributed by atoms with Crippen LogP contribution in [0.2, 0.25) is 0 Å². The van der Waals surface area contributed by atoms with Crippen molar-refractivity contribution in [3.8, 4) is 11.5 Å². The van der Waals surface area contributed by atoms with Crippen LogP contribution >= 0.6 is 0 Å². The number of rotatable bonds is 10. The molecule has 8 heteroatoms. The van der Waals surface area contributed by atoms with Crippen LogP contribution in [0, 0.1) is 0 Å². The summed E-state index contributed by atoms with van der Waals surface area (Å²) in [5.74, 6) is 1.26. The topological polar surface area (TPSA) is 84.9 Å². The fourth-order valence-corrected chi connectivity index (χ4v) is 3.41. The lowest BCUT2D eigenvalue weighted by Gasteiger charge is -2.21. The quantitative estimate of drug-likeness (QED) is 0.668. The van der Waals surface area contributed by atoms with Crippen LogP contribution in [0.4, 0.5) is 0 Å². The van der Waals surface area contributed by atoms with Gasteiger partial charge in [-0.25, -0.2) is 13.1 Å². The fourth-order valence-electron chi connectivity index (χ4n) is 2.37. The van der Waals surface area contributed by atoms with E-state index in [-0.39, 0.29) is 23.9 Å². The average molecular weight is 392 g/mol. The van der Waals surface area contributed by atoms with Gasteiger partial charge in [-0.05, 0) is 36.4 Å². The Hall–Kier alpha value is -2.58. The molecular weight excluding hydrogens is 368 g/mol. The highest BCUT2D eigenvalue weighted by molar-refractivity contribution is 7.89. The van der Waals surface area contributed by atoms with E-state index in [0.717, 1.165) is 5.75 Å². The molecule has 27 heavy (non-hydrogen) atoms. The summed E-state index contributed by atoms with van der Waals surface area (Å²) >= 11 is 0. The van der Waals surface area contributed by atoms with Gasteiger partial charge >= 0.3 is 0 Å². The number of amides is 1. The molecule has 0 unspecified atom stereocenters. The Balaban J connectivity index is 1.80. The van der Waals surface area contributed by atoms with E-state index in [9.17, 15) is 13.2 Å². The number of carbonyl (C=O) groups is 1. The number of methoxy groups -OCH3 is 1. The maximum absolute atomic E-state index is 12.2. The molecule has 0 spiro atoms. The van der Waals surface area contributed by atoms with E-state index >= 15 is 0 Å². The minimum atomic E-state index is -3.58. The first-order chi connectivity index (χ1) is 12.9. The molecule has 7 nitrogen and oxygen atoms in total. The standard InChI is InChI=1S/C19H24N2O5S/c1-16(22)21(14-15-26-18-10-8-17(25-2)9-11-18)13-12-20-27(23,24)19-6-4-3-5-7-19/h3-11,20H,12-15H2,1-2H3. The van der Waals surface area contributed by atoms with Gasteiger partial charge in [0.05, 0.1) is 18.6 Å². The summed E-state index contributed by atoms with van der Waals surface area (Å²) in [6.07, 6.45) is 0. The molecule has 146 valence electrons. The van der Waals surface area contributed by atoms with Crippen molar-refractivity contribution in [2.75, 3.05) is 33.4 Å². The maximum Gasteiger partial charge on any atom is 0.240 e. The smallest absolute Gasteiger partial charge is 0.240 e. The molecule has 2 aromatic carbocycles. The SMILES string of the molecule is COc1ccc(OCCN(CCNS(=O)(=O)c2ccccc2)C(C)=O)cc1. The van der Waals surface area contributed by atoms with E-state index in [1.807, 2.05) is 0 Å². The molecule has 0 saturated heterocycles. The van der Waals surface area contributed by atoms with E-state index in [2.05, 4.69) is 4.72 Å². The molecule has 0 saturated carbocycles. The summed E-state index contributed by atoms with van der Waals surface area (Å²) in [6, 6.07) is 15.3. The largest absolute Gasteiger partial charge is 0.497 e. The lowest BCUT2D eigenvalue weighted by molar-refractivity contribution is -0.129. The van der Waals surface area contributed by atoms with Crippen LogP contribution < -0.4 is 14.2 Å². The second-order valence-electron chi connectivity index (χ2n) is 5.74. The molecule has 0 atom stereocenters. The highest BCUT2D eigenvalue weighted by Crippen LogP contribution is 2.16. The Morgan fingerprint density at radius 3 is 2.22 bits per heavy atom. The number of hydrogen-bond acceptors (Lipinski definition) is 5. The number of carbonyl (C=O) groups excluding carboxylic acids is 1. The number of nitrogens with zero attached hydrogens (tertiary/aromatic N) is 1. The molecule has 1 N–H and O–H groups in total. The fraction of sp³-hybridized carbons (Fsp3) is 0.316. The van der Waals surface area contributed by atoms with Gasteiger partial charge in [0, 0.05) is 20.0 Å². The van der Waals surface area contributed by atoms with Gasteiger partial charge in [-0.3, -0.25) is 4.79 Å². The van der Waals surface area contributed by atoms with Crippen LogP contribution in [0.15, 0.2) is 59.5 Å².